The van der Waals surface area contributed by atoms with Crippen LogP contribution in [0.15, 0.2) is 18.3 Å². The highest BCUT2D eigenvalue weighted by molar-refractivity contribution is 6.44. The SMILES string of the molecule is Cc1c(-c2cc(Cl)c(Cl)cc2Cl)cnc(N)c1[N+](=O)[O-]. The summed E-state index contributed by atoms with van der Waals surface area (Å²) in [6, 6.07) is 3.01. The molecule has 0 saturated carbocycles. The number of rotatable bonds is 2. The van der Waals surface area contributed by atoms with Crippen LogP contribution in [0, 0.1) is 17.0 Å². The van der Waals surface area contributed by atoms with Gasteiger partial charge in [0.2, 0.25) is 5.82 Å². The predicted molar refractivity (Wildman–Crippen MR) is 80.5 cm³/mol. The zero-order valence-electron chi connectivity index (χ0n) is 10.2. The summed E-state index contributed by atoms with van der Waals surface area (Å²) in [6.07, 6.45) is 1.42. The fraction of sp³-hybridized carbons (Fsp3) is 0.0833. The van der Waals surface area contributed by atoms with Gasteiger partial charge in [0, 0.05) is 22.9 Å². The number of anilines is 1. The van der Waals surface area contributed by atoms with E-state index in [0.29, 0.717) is 31.8 Å². The van der Waals surface area contributed by atoms with Gasteiger partial charge in [0.1, 0.15) is 0 Å². The number of aromatic nitrogens is 1. The average Bonchev–Trinajstić information content (AvgIpc) is 2.34. The summed E-state index contributed by atoms with van der Waals surface area (Å²) in [5.74, 6) is -0.146. The topological polar surface area (TPSA) is 82.0 Å². The van der Waals surface area contributed by atoms with Crippen molar-refractivity contribution < 1.29 is 4.92 Å². The molecule has 0 bridgehead atoms. The quantitative estimate of drug-likeness (QED) is 0.498. The Labute approximate surface area is 129 Å². The summed E-state index contributed by atoms with van der Waals surface area (Å²) in [5.41, 5.74) is 6.64. The minimum atomic E-state index is -0.577. The molecule has 8 heteroatoms. The molecule has 20 heavy (non-hydrogen) atoms. The summed E-state index contributed by atoms with van der Waals surface area (Å²) >= 11 is 17.9. The fourth-order valence-corrected chi connectivity index (χ4v) is 2.49. The van der Waals surface area contributed by atoms with Crippen molar-refractivity contribution in [3.8, 4) is 11.1 Å². The van der Waals surface area contributed by atoms with E-state index in [-0.39, 0.29) is 11.5 Å². The average molecular weight is 333 g/mol. The van der Waals surface area contributed by atoms with Crippen LogP contribution in [0.3, 0.4) is 0 Å². The lowest BCUT2D eigenvalue weighted by atomic mass is 10.0. The van der Waals surface area contributed by atoms with E-state index < -0.39 is 4.92 Å². The van der Waals surface area contributed by atoms with E-state index in [9.17, 15) is 10.1 Å². The lowest BCUT2D eigenvalue weighted by molar-refractivity contribution is -0.384. The Kier molecular flexibility index (Phi) is 4.04. The molecule has 1 aromatic heterocycles. The van der Waals surface area contributed by atoms with E-state index in [1.165, 1.54) is 18.3 Å². The number of nitro groups is 1. The number of nitrogen functional groups attached to an aromatic ring is 1. The van der Waals surface area contributed by atoms with Crippen LogP contribution in [0.4, 0.5) is 11.5 Å². The molecule has 2 aromatic rings. The van der Waals surface area contributed by atoms with Gasteiger partial charge < -0.3 is 5.73 Å². The maximum absolute atomic E-state index is 11.0. The largest absolute Gasteiger partial charge is 0.378 e. The Hall–Kier alpha value is -1.56. The minimum absolute atomic E-state index is 0.146. The van der Waals surface area contributed by atoms with Crippen LogP contribution in [-0.2, 0) is 0 Å². The molecule has 104 valence electrons. The van der Waals surface area contributed by atoms with Gasteiger partial charge in [0.05, 0.1) is 20.0 Å². The van der Waals surface area contributed by atoms with Gasteiger partial charge in [-0.25, -0.2) is 4.98 Å². The van der Waals surface area contributed by atoms with Gasteiger partial charge in [-0.1, -0.05) is 34.8 Å². The molecule has 0 aliphatic carbocycles. The van der Waals surface area contributed by atoms with Gasteiger partial charge in [0.15, 0.2) is 0 Å². The highest BCUT2D eigenvalue weighted by Gasteiger charge is 2.22. The van der Waals surface area contributed by atoms with Crippen LogP contribution in [0.1, 0.15) is 5.56 Å². The lowest BCUT2D eigenvalue weighted by Gasteiger charge is -2.10. The van der Waals surface area contributed by atoms with Crippen LogP contribution in [-0.4, -0.2) is 9.91 Å². The summed E-state index contributed by atoms with van der Waals surface area (Å²) in [4.78, 5) is 14.3. The number of nitrogens with zero attached hydrogens (tertiary/aromatic N) is 2. The van der Waals surface area contributed by atoms with Gasteiger partial charge in [0.25, 0.3) is 0 Å². The molecule has 2 N–H and O–H groups in total. The van der Waals surface area contributed by atoms with Crippen molar-refractivity contribution in [1.29, 1.82) is 0 Å². The molecular formula is C12H8Cl3N3O2. The van der Waals surface area contributed by atoms with Gasteiger partial charge >= 0.3 is 5.69 Å². The second kappa shape index (κ2) is 5.44. The van der Waals surface area contributed by atoms with Crippen molar-refractivity contribution in [2.24, 2.45) is 0 Å². The Morgan fingerprint density at radius 2 is 1.75 bits per heavy atom. The van der Waals surface area contributed by atoms with Crippen LogP contribution in [0.5, 0.6) is 0 Å². The van der Waals surface area contributed by atoms with Crippen LogP contribution < -0.4 is 5.73 Å². The standard InChI is InChI=1S/C12H8Cl3N3O2/c1-5-7(4-17-12(16)11(5)18(19)20)6-2-9(14)10(15)3-8(6)13/h2-4H,1H3,(H2,16,17). The molecule has 1 heterocycles. The highest BCUT2D eigenvalue weighted by atomic mass is 35.5. The zero-order chi connectivity index (χ0) is 15.0. The Bertz CT molecular complexity index is 720. The molecule has 1 aromatic carbocycles. The van der Waals surface area contributed by atoms with Crippen LogP contribution in [0.25, 0.3) is 11.1 Å². The number of nitrogens with two attached hydrogens (primary N) is 1. The van der Waals surface area contributed by atoms with Crippen molar-refractivity contribution >= 4 is 46.3 Å². The van der Waals surface area contributed by atoms with E-state index in [4.69, 9.17) is 40.5 Å². The Balaban J connectivity index is 2.74. The van der Waals surface area contributed by atoms with E-state index in [1.807, 2.05) is 0 Å². The smallest absolute Gasteiger partial charge is 0.314 e. The lowest BCUT2D eigenvalue weighted by Crippen LogP contribution is -2.02. The Morgan fingerprint density at radius 3 is 2.35 bits per heavy atom. The van der Waals surface area contributed by atoms with Gasteiger partial charge in [-0.2, -0.15) is 0 Å². The zero-order valence-corrected chi connectivity index (χ0v) is 12.4. The van der Waals surface area contributed by atoms with E-state index in [2.05, 4.69) is 4.98 Å². The first-order chi connectivity index (χ1) is 9.32. The summed E-state index contributed by atoms with van der Waals surface area (Å²) in [7, 11) is 0. The Morgan fingerprint density at radius 1 is 1.15 bits per heavy atom. The molecule has 0 spiro atoms. The summed E-state index contributed by atoms with van der Waals surface area (Å²) in [6.45, 7) is 1.57. The molecule has 5 nitrogen and oxygen atoms in total. The molecule has 0 unspecified atom stereocenters. The van der Waals surface area contributed by atoms with Gasteiger partial charge in [-0.05, 0) is 19.1 Å². The second-order valence-corrected chi connectivity index (χ2v) is 5.26. The predicted octanol–water partition coefficient (Wildman–Crippen LogP) is 4.51. The van der Waals surface area contributed by atoms with Crippen molar-refractivity contribution in [2.45, 2.75) is 6.92 Å². The number of pyridine rings is 1. The maximum atomic E-state index is 11.0. The van der Waals surface area contributed by atoms with Crippen molar-refractivity contribution in [2.75, 3.05) is 5.73 Å². The molecular weight excluding hydrogens is 325 g/mol. The molecule has 0 atom stereocenters. The third-order valence-electron chi connectivity index (χ3n) is 2.82. The van der Waals surface area contributed by atoms with Crippen molar-refractivity contribution in [3.05, 3.63) is 49.1 Å². The third-order valence-corrected chi connectivity index (χ3v) is 3.85. The van der Waals surface area contributed by atoms with Gasteiger partial charge in [-0.3, -0.25) is 10.1 Å². The molecule has 0 fully saturated rings. The first-order valence-electron chi connectivity index (χ1n) is 5.37. The highest BCUT2D eigenvalue weighted by Crippen LogP contribution is 2.39. The number of halogens is 3. The van der Waals surface area contributed by atoms with Crippen LogP contribution in [0.2, 0.25) is 15.1 Å². The van der Waals surface area contributed by atoms with Gasteiger partial charge in [-0.15, -0.1) is 0 Å². The monoisotopic (exact) mass is 331 g/mol. The molecule has 0 amide bonds. The third kappa shape index (κ3) is 2.52. The number of hydrogen-bond donors (Lipinski definition) is 1. The normalized spacial score (nSPS) is 10.6. The number of hydrogen-bond acceptors (Lipinski definition) is 4. The molecule has 0 aliphatic rings. The molecule has 0 aliphatic heterocycles. The summed E-state index contributed by atoms with van der Waals surface area (Å²) < 4.78 is 0. The minimum Gasteiger partial charge on any atom is -0.378 e. The molecule has 0 radical (unpaired) electrons. The van der Waals surface area contributed by atoms with E-state index >= 15 is 0 Å². The van der Waals surface area contributed by atoms with Crippen molar-refractivity contribution in [1.82, 2.24) is 4.98 Å². The number of benzene rings is 1. The molecule has 0 saturated heterocycles. The fourth-order valence-electron chi connectivity index (χ4n) is 1.84. The first kappa shape index (κ1) is 14.8. The van der Waals surface area contributed by atoms with Crippen molar-refractivity contribution in [3.63, 3.8) is 0 Å². The first-order valence-corrected chi connectivity index (χ1v) is 6.50. The van der Waals surface area contributed by atoms with E-state index in [1.54, 1.807) is 6.92 Å². The molecule has 2 rings (SSSR count). The maximum Gasteiger partial charge on any atom is 0.314 e. The van der Waals surface area contributed by atoms with E-state index in [0.717, 1.165) is 0 Å². The summed E-state index contributed by atoms with van der Waals surface area (Å²) in [5, 5.41) is 12.0. The second-order valence-electron chi connectivity index (χ2n) is 4.03. The van der Waals surface area contributed by atoms with Crippen LogP contribution >= 0.6 is 34.8 Å².